The van der Waals surface area contributed by atoms with E-state index in [1.54, 1.807) is 23.2 Å². The third-order valence-electron chi connectivity index (χ3n) is 5.08. The van der Waals surface area contributed by atoms with Gasteiger partial charge in [-0.3, -0.25) is 9.59 Å². The molecule has 146 valence electrons. The van der Waals surface area contributed by atoms with Crippen LogP contribution < -0.4 is 0 Å². The quantitative estimate of drug-likeness (QED) is 0.524. The van der Waals surface area contributed by atoms with Crippen molar-refractivity contribution < 1.29 is 14.0 Å². The largest absolute Gasteiger partial charge is 0.459 e. The molecular formula is C21H18N4O3S. The molecule has 0 N–H and O–H groups in total. The summed E-state index contributed by atoms with van der Waals surface area (Å²) in [7, 11) is 0. The minimum Gasteiger partial charge on any atom is -0.459 e. The van der Waals surface area contributed by atoms with E-state index in [1.165, 1.54) is 17.6 Å². The summed E-state index contributed by atoms with van der Waals surface area (Å²) in [4.78, 5) is 35.3. The summed E-state index contributed by atoms with van der Waals surface area (Å²) in [6.07, 6.45) is 7.10. The average Bonchev–Trinajstić information content (AvgIpc) is 3.53. The van der Waals surface area contributed by atoms with Crippen molar-refractivity contribution in [3.63, 3.8) is 0 Å². The molecule has 4 aromatic rings. The van der Waals surface area contributed by atoms with Crippen LogP contribution in [0.3, 0.4) is 0 Å². The van der Waals surface area contributed by atoms with Crippen LogP contribution >= 0.6 is 11.3 Å². The van der Waals surface area contributed by atoms with Crippen LogP contribution in [0.15, 0.2) is 65.7 Å². The fraction of sp³-hybridized carbons (Fsp3) is 0.190. The molecule has 1 aliphatic heterocycles. The van der Waals surface area contributed by atoms with Gasteiger partial charge in [0.1, 0.15) is 9.71 Å². The van der Waals surface area contributed by atoms with E-state index in [-0.39, 0.29) is 11.8 Å². The predicted octanol–water partition coefficient (Wildman–Crippen LogP) is 3.28. The van der Waals surface area contributed by atoms with E-state index >= 15 is 0 Å². The smallest absolute Gasteiger partial charge is 0.289 e. The Morgan fingerprint density at radius 2 is 1.66 bits per heavy atom. The van der Waals surface area contributed by atoms with E-state index in [0.717, 1.165) is 15.9 Å². The summed E-state index contributed by atoms with van der Waals surface area (Å²) in [6, 6.07) is 11.1. The van der Waals surface area contributed by atoms with Crippen LogP contribution in [0, 0.1) is 0 Å². The van der Waals surface area contributed by atoms with Crippen molar-refractivity contribution in [3.05, 3.63) is 71.9 Å². The highest BCUT2D eigenvalue weighted by Gasteiger charge is 2.29. The molecule has 0 bridgehead atoms. The lowest BCUT2D eigenvalue weighted by atomic mass is 10.2. The Kier molecular flexibility index (Phi) is 4.40. The number of furan rings is 1. The average molecular weight is 406 g/mol. The molecule has 5 rings (SSSR count). The Morgan fingerprint density at radius 1 is 0.931 bits per heavy atom. The monoisotopic (exact) mass is 406 g/mol. The molecule has 2 amide bonds. The summed E-state index contributed by atoms with van der Waals surface area (Å²) in [5.74, 6) is 0.165. The number of hydrogen-bond acceptors (Lipinski definition) is 5. The third-order valence-corrected chi connectivity index (χ3v) is 6.17. The van der Waals surface area contributed by atoms with E-state index in [1.807, 2.05) is 46.1 Å². The summed E-state index contributed by atoms with van der Waals surface area (Å²) >= 11 is 1.41. The molecule has 8 heteroatoms. The van der Waals surface area contributed by atoms with Crippen LogP contribution in [-0.4, -0.2) is 57.3 Å². The Balaban J connectivity index is 1.40. The molecule has 29 heavy (non-hydrogen) atoms. The van der Waals surface area contributed by atoms with E-state index in [9.17, 15) is 9.59 Å². The summed E-state index contributed by atoms with van der Waals surface area (Å²) in [5.41, 5.74) is 0.863. The first-order valence-corrected chi connectivity index (χ1v) is 10.2. The molecule has 4 aromatic heterocycles. The van der Waals surface area contributed by atoms with Gasteiger partial charge in [-0.2, -0.15) is 0 Å². The summed E-state index contributed by atoms with van der Waals surface area (Å²) in [5, 5.41) is 0.962. The van der Waals surface area contributed by atoms with Gasteiger partial charge in [-0.05, 0) is 36.4 Å². The number of rotatable bonds is 3. The highest BCUT2D eigenvalue weighted by atomic mass is 32.1. The van der Waals surface area contributed by atoms with Crippen molar-refractivity contribution in [2.75, 3.05) is 26.2 Å². The Hall–Kier alpha value is -3.39. The number of carbonyl (C=O) groups excluding carboxylic acids is 2. The Labute approximate surface area is 170 Å². The van der Waals surface area contributed by atoms with Gasteiger partial charge in [0.15, 0.2) is 5.76 Å². The van der Waals surface area contributed by atoms with Gasteiger partial charge in [0, 0.05) is 50.2 Å². The molecule has 7 nitrogen and oxygen atoms in total. The first kappa shape index (κ1) is 17.7. The maximum atomic E-state index is 13.4. The molecule has 5 heterocycles. The van der Waals surface area contributed by atoms with Gasteiger partial charge in [0.2, 0.25) is 0 Å². The van der Waals surface area contributed by atoms with E-state index in [0.29, 0.717) is 36.8 Å². The molecule has 1 fully saturated rings. The fourth-order valence-corrected chi connectivity index (χ4v) is 4.73. The molecular weight excluding hydrogens is 388 g/mol. The standard InChI is InChI=1S/C21H18N4O3S/c26-20(16-6-4-14-28-16)24-10-12-25(13-11-24)21(27)18-17(23-8-1-2-9-23)15-5-3-7-22-19(15)29-18/h1-9,14H,10-13H2. The van der Waals surface area contributed by atoms with Crippen molar-refractivity contribution in [1.82, 2.24) is 19.4 Å². The van der Waals surface area contributed by atoms with Crippen LogP contribution in [0.5, 0.6) is 0 Å². The van der Waals surface area contributed by atoms with Crippen LogP contribution in [-0.2, 0) is 0 Å². The van der Waals surface area contributed by atoms with Gasteiger partial charge < -0.3 is 18.8 Å². The normalized spacial score (nSPS) is 14.5. The van der Waals surface area contributed by atoms with Crippen molar-refractivity contribution >= 4 is 33.4 Å². The lowest BCUT2D eigenvalue weighted by Crippen LogP contribution is -2.50. The maximum Gasteiger partial charge on any atom is 0.289 e. The predicted molar refractivity (Wildman–Crippen MR) is 109 cm³/mol. The minimum atomic E-state index is -0.138. The lowest BCUT2D eigenvalue weighted by Gasteiger charge is -2.34. The number of pyridine rings is 1. The molecule has 0 aliphatic carbocycles. The Morgan fingerprint density at radius 3 is 2.34 bits per heavy atom. The molecule has 1 aliphatic rings. The number of carbonyl (C=O) groups is 2. The van der Waals surface area contributed by atoms with Crippen molar-refractivity contribution in [3.8, 4) is 5.69 Å². The zero-order valence-corrected chi connectivity index (χ0v) is 16.3. The second-order valence-electron chi connectivity index (χ2n) is 6.79. The van der Waals surface area contributed by atoms with Crippen LogP contribution in [0.4, 0.5) is 0 Å². The minimum absolute atomic E-state index is 0.0261. The number of piperazine rings is 1. The van der Waals surface area contributed by atoms with Crippen LogP contribution in [0.25, 0.3) is 15.9 Å². The topological polar surface area (TPSA) is 71.6 Å². The number of thiophene rings is 1. The first-order chi connectivity index (χ1) is 14.2. The summed E-state index contributed by atoms with van der Waals surface area (Å²) in [6.45, 7) is 1.93. The van der Waals surface area contributed by atoms with Crippen molar-refractivity contribution in [1.29, 1.82) is 0 Å². The second kappa shape index (κ2) is 7.21. The van der Waals surface area contributed by atoms with Gasteiger partial charge in [0.25, 0.3) is 11.8 Å². The number of hydrogen-bond donors (Lipinski definition) is 0. The van der Waals surface area contributed by atoms with Crippen LogP contribution in [0.2, 0.25) is 0 Å². The van der Waals surface area contributed by atoms with E-state index < -0.39 is 0 Å². The lowest BCUT2D eigenvalue weighted by molar-refractivity contribution is 0.0520. The van der Waals surface area contributed by atoms with Gasteiger partial charge >= 0.3 is 0 Å². The molecule has 0 saturated carbocycles. The van der Waals surface area contributed by atoms with Crippen molar-refractivity contribution in [2.45, 2.75) is 0 Å². The highest BCUT2D eigenvalue weighted by Crippen LogP contribution is 2.34. The summed E-state index contributed by atoms with van der Waals surface area (Å²) < 4.78 is 7.17. The molecule has 0 unspecified atom stereocenters. The zero-order valence-electron chi connectivity index (χ0n) is 15.5. The Bertz CT molecular complexity index is 1160. The molecule has 1 saturated heterocycles. The van der Waals surface area contributed by atoms with Crippen molar-refractivity contribution in [2.24, 2.45) is 0 Å². The number of aromatic nitrogens is 2. The SMILES string of the molecule is O=C(c1ccco1)N1CCN(C(=O)c2sc3ncccc3c2-n2cccc2)CC1. The first-order valence-electron chi connectivity index (χ1n) is 9.35. The van der Waals surface area contributed by atoms with Gasteiger partial charge in [-0.15, -0.1) is 11.3 Å². The van der Waals surface area contributed by atoms with Gasteiger partial charge in [-0.25, -0.2) is 4.98 Å². The number of fused-ring (bicyclic) bond motifs is 1. The van der Waals surface area contributed by atoms with Gasteiger partial charge in [-0.1, -0.05) is 0 Å². The van der Waals surface area contributed by atoms with Gasteiger partial charge in [0.05, 0.1) is 12.0 Å². The van der Waals surface area contributed by atoms with E-state index in [4.69, 9.17) is 4.42 Å². The third kappa shape index (κ3) is 3.11. The molecule has 0 radical (unpaired) electrons. The fourth-order valence-electron chi connectivity index (χ4n) is 3.62. The highest BCUT2D eigenvalue weighted by molar-refractivity contribution is 7.21. The molecule has 0 aromatic carbocycles. The zero-order chi connectivity index (χ0) is 19.8. The van der Waals surface area contributed by atoms with E-state index in [2.05, 4.69) is 4.98 Å². The number of nitrogens with zero attached hydrogens (tertiary/aromatic N) is 4. The van der Waals surface area contributed by atoms with Crippen LogP contribution in [0.1, 0.15) is 20.2 Å². The molecule has 0 spiro atoms. The number of amides is 2. The second-order valence-corrected chi connectivity index (χ2v) is 7.79. The maximum absolute atomic E-state index is 13.4. The molecule has 0 atom stereocenters.